The first-order chi connectivity index (χ1) is 9.49. The van der Waals surface area contributed by atoms with E-state index in [0.717, 1.165) is 22.9 Å². The van der Waals surface area contributed by atoms with Crippen molar-refractivity contribution in [1.29, 1.82) is 0 Å². The smallest absolute Gasteiger partial charge is 0.138 e. The molecular formula is C15H17Cl2N3. The van der Waals surface area contributed by atoms with Gasteiger partial charge in [-0.2, -0.15) is 0 Å². The van der Waals surface area contributed by atoms with Crippen molar-refractivity contribution in [2.75, 3.05) is 11.9 Å². The van der Waals surface area contributed by atoms with Gasteiger partial charge in [0.05, 0.1) is 0 Å². The maximum Gasteiger partial charge on any atom is 0.138 e. The average Bonchev–Trinajstić information content (AvgIpc) is 2.40. The van der Waals surface area contributed by atoms with Crippen molar-refractivity contribution < 1.29 is 0 Å². The minimum absolute atomic E-state index is 0.270. The van der Waals surface area contributed by atoms with E-state index in [4.69, 9.17) is 23.2 Å². The molecular weight excluding hydrogens is 293 g/mol. The molecule has 1 heterocycles. The normalized spacial score (nSPS) is 10.9. The van der Waals surface area contributed by atoms with Gasteiger partial charge in [-0.15, -0.1) is 0 Å². The van der Waals surface area contributed by atoms with Gasteiger partial charge in [0.15, 0.2) is 0 Å². The number of benzene rings is 1. The molecule has 0 amide bonds. The Kier molecular flexibility index (Phi) is 4.84. The Morgan fingerprint density at radius 2 is 1.75 bits per heavy atom. The summed E-state index contributed by atoms with van der Waals surface area (Å²) in [4.78, 5) is 10.5. The molecule has 3 nitrogen and oxygen atoms in total. The molecule has 0 fully saturated rings. The zero-order chi connectivity index (χ0) is 14.7. The van der Waals surface area contributed by atoms with Crippen LogP contribution < -0.4 is 4.90 Å². The highest BCUT2D eigenvalue weighted by molar-refractivity contribution is 6.30. The van der Waals surface area contributed by atoms with Gasteiger partial charge in [0, 0.05) is 24.2 Å². The van der Waals surface area contributed by atoms with Gasteiger partial charge in [-0.05, 0) is 23.6 Å². The van der Waals surface area contributed by atoms with Crippen molar-refractivity contribution in [3.8, 4) is 0 Å². The van der Waals surface area contributed by atoms with Gasteiger partial charge in [0.25, 0.3) is 0 Å². The summed E-state index contributed by atoms with van der Waals surface area (Å²) in [6, 6.07) is 7.80. The highest BCUT2D eigenvalue weighted by Crippen LogP contribution is 2.30. The monoisotopic (exact) mass is 309 g/mol. The fraction of sp³-hybridized carbons (Fsp3) is 0.333. The molecule has 106 valence electrons. The van der Waals surface area contributed by atoms with Crippen molar-refractivity contribution in [3.05, 3.63) is 51.9 Å². The third kappa shape index (κ3) is 3.41. The lowest BCUT2D eigenvalue weighted by Crippen LogP contribution is -2.20. The number of rotatable bonds is 4. The van der Waals surface area contributed by atoms with Crippen molar-refractivity contribution in [2.24, 2.45) is 0 Å². The highest BCUT2D eigenvalue weighted by Gasteiger charge is 2.16. The number of halogens is 2. The topological polar surface area (TPSA) is 29.0 Å². The van der Waals surface area contributed by atoms with E-state index in [1.807, 2.05) is 31.3 Å². The second kappa shape index (κ2) is 6.42. The summed E-state index contributed by atoms with van der Waals surface area (Å²) in [7, 11) is 2.00. The number of hydrogen-bond acceptors (Lipinski definition) is 3. The van der Waals surface area contributed by atoms with Crippen LogP contribution in [-0.4, -0.2) is 17.0 Å². The molecule has 2 rings (SSSR count). The molecule has 0 aliphatic carbocycles. The molecule has 0 saturated carbocycles. The van der Waals surface area contributed by atoms with E-state index in [0.29, 0.717) is 5.15 Å². The Hall–Kier alpha value is -1.32. The number of aromatic nitrogens is 2. The molecule has 0 spiro atoms. The van der Waals surface area contributed by atoms with Crippen molar-refractivity contribution >= 4 is 29.0 Å². The van der Waals surface area contributed by atoms with E-state index in [-0.39, 0.29) is 5.92 Å². The predicted octanol–water partition coefficient (Wildman–Crippen LogP) is 4.54. The maximum absolute atomic E-state index is 6.20. The molecule has 0 N–H and O–H groups in total. The van der Waals surface area contributed by atoms with Gasteiger partial charge in [0.1, 0.15) is 17.3 Å². The molecule has 0 unspecified atom stereocenters. The summed E-state index contributed by atoms with van der Waals surface area (Å²) < 4.78 is 0. The number of nitrogens with zero attached hydrogens (tertiary/aromatic N) is 3. The minimum Gasteiger partial charge on any atom is -0.355 e. The van der Waals surface area contributed by atoms with E-state index in [9.17, 15) is 0 Å². The van der Waals surface area contributed by atoms with Gasteiger partial charge in [-0.25, -0.2) is 9.97 Å². The van der Waals surface area contributed by atoms with Crippen LogP contribution in [0.3, 0.4) is 0 Å². The van der Waals surface area contributed by atoms with Gasteiger partial charge in [0.2, 0.25) is 0 Å². The van der Waals surface area contributed by atoms with Crippen LogP contribution in [0.5, 0.6) is 0 Å². The summed E-state index contributed by atoms with van der Waals surface area (Å²) in [6.45, 7) is 4.92. The molecule has 0 aliphatic rings. The lowest BCUT2D eigenvalue weighted by atomic mass is 10.1. The lowest BCUT2D eigenvalue weighted by Gasteiger charge is -2.23. The van der Waals surface area contributed by atoms with E-state index in [1.54, 1.807) is 0 Å². The van der Waals surface area contributed by atoms with Crippen LogP contribution in [0.1, 0.15) is 30.9 Å². The maximum atomic E-state index is 6.20. The Balaban J connectivity index is 2.27. The van der Waals surface area contributed by atoms with Crippen molar-refractivity contribution in [3.63, 3.8) is 0 Å². The predicted molar refractivity (Wildman–Crippen MR) is 84.7 cm³/mol. The molecule has 0 radical (unpaired) electrons. The summed E-state index contributed by atoms with van der Waals surface area (Å²) in [6.07, 6.45) is 1.50. The Morgan fingerprint density at radius 3 is 2.35 bits per heavy atom. The van der Waals surface area contributed by atoms with Crippen LogP contribution in [0.25, 0.3) is 0 Å². The fourth-order valence-corrected chi connectivity index (χ4v) is 2.58. The first-order valence-electron chi connectivity index (χ1n) is 6.45. The molecule has 5 heteroatoms. The first kappa shape index (κ1) is 15.1. The van der Waals surface area contributed by atoms with Gasteiger partial charge in [-0.3, -0.25) is 0 Å². The van der Waals surface area contributed by atoms with Gasteiger partial charge < -0.3 is 4.90 Å². The molecule has 0 saturated heterocycles. The molecule has 1 aromatic heterocycles. The average molecular weight is 310 g/mol. The fourth-order valence-electron chi connectivity index (χ4n) is 2.10. The second-order valence-corrected chi connectivity index (χ2v) is 5.83. The zero-order valence-electron chi connectivity index (χ0n) is 11.8. The van der Waals surface area contributed by atoms with E-state index < -0.39 is 0 Å². The van der Waals surface area contributed by atoms with Crippen LogP contribution in [0.2, 0.25) is 10.2 Å². The third-order valence-electron chi connectivity index (χ3n) is 3.09. The molecule has 0 bridgehead atoms. The van der Waals surface area contributed by atoms with Gasteiger partial charge >= 0.3 is 0 Å². The largest absolute Gasteiger partial charge is 0.355 e. The summed E-state index contributed by atoms with van der Waals surface area (Å²) in [5.41, 5.74) is 2.15. The van der Waals surface area contributed by atoms with E-state index >= 15 is 0 Å². The second-order valence-electron chi connectivity index (χ2n) is 5.04. The van der Waals surface area contributed by atoms with E-state index in [1.165, 1.54) is 11.9 Å². The van der Waals surface area contributed by atoms with E-state index in [2.05, 4.69) is 28.7 Å². The van der Waals surface area contributed by atoms with Crippen molar-refractivity contribution in [2.45, 2.75) is 26.3 Å². The third-order valence-corrected chi connectivity index (χ3v) is 3.64. The standard InChI is InChI=1S/C15H17Cl2N3/c1-10(2)13-14(17)18-9-19-15(13)20(3)8-11-4-6-12(16)7-5-11/h4-7,9-10H,8H2,1-3H3. The zero-order valence-corrected chi connectivity index (χ0v) is 13.3. The van der Waals surface area contributed by atoms with Crippen LogP contribution in [-0.2, 0) is 6.54 Å². The summed E-state index contributed by atoms with van der Waals surface area (Å²) in [5.74, 6) is 1.14. The van der Waals surface area contributed by atoms with Gasteiger partial charge in [-0.1, -0.05) is 49.2 Å². The molecule has 0 aliphatic heterocycles. The molecule has 2 aromatic rings. The molecule has 0 atom stereocenters. The molecule has 1 aromatic carbocycles. The van der Waals surface area contributed by atoms with Crippen LogP contribution in [0.15, 0.2) is 30.6 Å². The summed E-state index contributed by atoms with van der Waals surface area (Å²) >= 11 is 12.1. The van der Waals surface area contributed by atoms with Crippen molar-refractivity contribution in [1.82, 2.24) is 9.97 Å². The number of anilines is 1. The van der Waals surface area contributed by atoms with Crippen LogP contribution in [0.4, 0.5) is 5.82 Å². The first-order valence-corrected chi connectivity index (χ1v) is 7.20. The summed E-state index contributed by atoms with van der Waals surface area (Å²) in [5, 5.41) is 1.26. The van der Waals surface area contributed by atoms with Crippen LogP contribution in [0, 0.1) is 0 Å². The van der Waals surface area contributed by atoms with Crippen LogP contribution >= 0.6 is 23.2 Å². The highest BCUT2D eigenvalue weighted by atomic mass is 35.5. The Labute approximate surface area is 129 Å². The Bertz CT molecular complexity index is 582. The minimum atomic E-state index is 0.270. The quantitative estimate of drug-likeness (QED) is 0.776. The lowest BCUT2D eigenvalue weighted by molar-refractivity contribution is 0.808. The Morgan fingerprint density at radius 1 is 1.10 bits per heavy atom. The SMILES string of the molecule is CC(C)c1c(Cl)ncnc1N(C)Cc1ccc(Cl)cc1. The number of hydrogen-bond donors (Lipinski definition) is 0. The molecule has 20 heavy (non-hydrogen) atoms.